The monoisotopic (exact) mass is 350 g/mol. The topological polar surface area (TPSA) is 53.9 Å². The zero-order valence-electron chi connectivity index (χ0n) is 15.9. The molecule has 5 nitrogen and oxygen atoms in total. The van der Waals surface area contributed by atoms with E-state index in [0.29, 0.717) is 12.5 Å². The lowest BCUT2D eigenvalue weighted by Gasteiger charge is -2.38. The minimum Gasteiger partial charge on any atom is -0.356 e. The number of hydrogen-bond acceptors (Lipinski definition) is 2. The second kappa shape index (κ2) is 6.31. The summed E-state index contributed by atoms with van der Waals surface area (Å²) in [5, 5.41) is 1.29. The number of nitrogens with zero attached hydrogens (tertiary/aromatic N) is 3. The summed E-state index contributed by atoms with van der Waals surface area (Å²) in [4.78, 5) is 23.1. The van der Waals surface area contributed by atoms with Crippen molar-refractivity contribution in [3.63, 3.8) is 0 Å². The third kappa shape index (κ3) is 2.62. The first-order chi connectivity index (χ1) is 12.5. The van der Waals surface area contributed by atoms with Crippen LogP contribution < -0.4 is 0 Å². The Morgan fingerprint density at radius 3 is 2.77 bits per heavy atom. The minimum atomic E-state index is 0.0866. The van der Waals surface area contributed by atoms with E-state index in [1.165, 1.54) is 22.2 Å². The average Bonchev–Trinajstić information content (AvgIpc) is 3.15. The van der Waals surface area contributed by atoms with Crippen LogP contribution in [0, 0.1) is 19.8 Å². The van der Waals surface area contributed by atoms with Gasteiger partial charge in [0.05, 0.1) is 18.1 Å². The Hall–Kier alpha value is -2.56. The van der Waals surface area contributed by atoms with Gasteiger partial charge in [-0.05, 0) is 37.8 Å². The van der Waals surface area contributed by atoms with E-state index in [9.17, 15) is 4.79 Å². The van der Waals surface area contributed by atoms with Crippen LogP contribution in [0.3, 0.4) is 0 Å². The summed E-state index contributed by atoms with van der Waals surface area (Å²) in [6.45, 7) is 9.50. The lowest BCUT2D eigenvalue weighted by molar-refractivity contribution is -0.136. The maximum Gasteiger partial charge on any atom is 0.243 e. The van der Waals surface area contributed by atoms with E-state index in [0.717, 1.165) is 24.4 Å². The molecule has 1 aliphatic rings. The van der Waals surface area contributed by atoms with E-state index in [2.05, 4.69) is 53.0 Å². The van der Waals surface area contributed by atoms with Crippen molar-refractivity contribution in [3.8, 4) is 0 Å². The van der Waals surface area contributed by atoms with Crippen LogP contribution in [-0.4, -0.2) is 31.9 Å². The molecular formula is C21H26N4O. The van der Waals surface area contributed by atoms with Crippen molar-refractivity contribution >= 4 is 16.8 Å². The number of rotatable bonds is 3. The molecule has 0 fully saturated rings. The second-order valence-electron chi connectivity index (χ2n) is 7.63. The number of fused-ring (bicyclic) bond motifs is 3. The molecule has 3 heterocycles. The summed E-state index contributed by atoms with van der Waals surface area (Å²) < 4.78 is 1.95. The molecule has 0 unspecified atom stereocenters. The molecule has 0 saturated heterocycles. The summed E-state index contributed by atoms with van der Waals surface area (Å²) >= 11 is 0. The Bertz CT molecular complexity index is 966. The first-order valence-corrected chi connectivity index (χ1v) is 9.34. The number of para-hydroxylation sites is 1. The van der Waals surface area contributed by atoms with Crippen LogP contribution in [0.2, 0.25) is 0 Å². The van der Waals surface area contributed by atoms with E-state index in [1.54, 1.807) is 6.33 Å². The number of aromatic nitrogens is 3. The van der Waals surface area contributed by atoms with Crippen LogP contribution in [-0.2, 0) is 17.8 Å². The van der Waals surface area contributed by atoms with E-state index >= 15 is 0 Å². The van der Waals surface area contributed by atoms with Crippen molar-refractivity contribution in [1.82, 2.24) is 19.4 Å². The first-order valence-electron chi connectivity index (χ1n) is 9.34. The number of imidazole rings is 1. The predicted octanol–water partition coefficient (Wildman–Crippen LogP) is 3.76. The molecule has 136 valence electrons. The smallest absolute Gasteiger partial charge is 0.243 e. The van der Waals surface area contributed by atoms with Gasteiger partial charge in [0.2, 0.25) is 5.91 Å². The number of carbonyl (C=O) groups excluding carboxylic acids is 1. The molecule has 3 aromatic rings. The molecule has 1 amide bonds. The number of H-pyrrole nitrogens is 1. The molecule has 4 rings (SSSR count). The fourth-order valence-electron chi connectivity index (χ4n) is 4.18. The van der Waals surface area contributed by atoms with Crippen LogP contribution >= 0.6 is 0 Å². The summed E-state index contributed by atoms with van der Waals surface area (Å²) in [6, 6.07) is 8.53. The highest BCUT2D eigenvalue weighted by Gasteiger charge is 2.35. The third-order valence-electron chi connectivity index (χ3n) is 5.68. The number of aromatic amines is 1. The molecule has 1 aromatic carbocycles. The Balaban J connectivity index is 1.68. The van der Waals surface area contributed by atoms with Crippen molar-refractivity contribution in [3.05, 3.63) is 53.2 Å². The molecule has 1 atom stereocenters. The number of aryl methyl sites for hydroxylation is 1. The standard InChI is InChI=1S/C21H26N4O/c1-13(2)21-20-17(16-7-5-6-8-18(16)23-20)9-10-25(21)19(26)11-24-12-22-14(3)15(24)4/h5-8,12-13,21,23H,9-11H2,1-4H3/t21-/m0/s1. The van der Waals surface area contributed by atoms with E-state index in [1.807, 2.05) is 18.4 Å². The average molecular weight is 350 g/mol. The van der Waals surface area contributed by atoms with Crippen LogP contribution in [0.25, 0.3) is 10.9 Å². The maximum absolute atomic E-state index is 13.1. The van der Waals surface area contributed by atoms with Crippen molar-refractivity contribution in [2.45, 2.75) is 46.7 Å². The fourth-order valence-corrected chi connectivity index (χ4v) is 4.18. The molecule has 2 aromatic heterocycles. The molecule has 0 aliphatic carbocycles. The van der Waals surface area contributed by atoms with Gasteiger partial charge >= 0.3 is 0 Å². The Morgan fingerprint density at radius 2 is 2.08 bits per heavy atom. The number of amides is 1. The Morgan fingerprint density at radius 1 is 1.31 bits per heavy atom. The molecule has 1 N–H and O–H groups in total. The van der Waals surface area contributed by atoms with Gasteiger partial charge in [0.1, 0.15) is 6.54 Å². The van der Waals surface area contributed by atoms with Gasteiger partial charge in [-0.2, -0.15) is 0 Å². The molecule has 5 heteroatoms. The third-order valence-corrected chi connectivity index (χ3v) is 5.68. The highest BCUT2D eigenvalue weighted by molar-refractivity contribution is 5.86. The van der Waals surface area contributed by atoms with Crippen LogP contribution in [0.15, 0.2) is 30.6 Å². The molecule has 0 spiro atoms. The summed E-state index contributed by atoms with van der Waals surface area (Å²) in [7, 11) is 0. The first kappa shape index (κ1) is 16.9. The zero-order valence-corrected chi connectivity index (χ0v) is 15.9. The van der Waals surface area contributed by atoms with Crippen LogP contribution in [0.4, 0.5) is 0 Å². The van der Waals surface area contributed by atoms with E-state index in [4.69, 9.17) is 0 Å². The van der Waals surface area contributed by atoms with Gasteiger partial charge in [-0.1, -0.05) is 32.0 Å². The normalized spacial score (nSPS) is 17.1. The summed E-state index contributed by atoms with van der Waals surface area (Å²) in [5.74, 6) is 0.505. The van der Waals surface area contributed by atoms with Crippen molar-refractivity contribution < 1.29 is 4.79 Å². The van der Waals surface area contributed by atoms with Crippen molar-refractivity contribution in [2.24, 2.45) is 5.92 Å². The molecular weight excluding hydrogens is 324 g/mol. The lowest BCUT2D eigenvalue weighted by Crippen LogP contribution is -2.43. The number of carbonyl (C=O) groups is 1. The largest absolute Gasteiger partial charge is 0.356 e. The zero-order chi connectivity index (χ0) is 18.4. The van der Waals surface area contributed by atoms with E-state index in [-0.39, 0.29) is 11.9 Å². The summed E-state index contributed by atoms with van der Waals surface area (Å²) in [6.07, 6.45) is 2.67. The molecule has 26 heavy (non-hydrogen) atoms. The van der Waals surface area contributed by atoms with Gasteiger partial charge in [-0.25, -0.2) is 4.98 Å². The van der Waals surface area contributed by atoms with Gasteiger partial charge in [-0.3, -0.25) is 4.79 Å². The van der Waals surface area contributed by atoms with Gasteiger partial charge in [0, 0.05) is 28.8 Å². The van der Waals surface area contributed by atoms with Gasteiger partial charge in [-0.15, -0.1) is 0 Å². The quantitative estimate of drug-likeness (QED) is 0.782. The highest BCUT2D eigenvalue weighted by atomic mass is 16.2. The molecule has 0 radical (unpaired) electrons. The lowest BCUT2D eigenvalue weighted by atomic mass is 9.90. The Labute approximate surface area is 154 Å². The van der Waals surface area contributed by atoms with E-state index < -0.39 is 0 Å². The van der Waals surface area contributed by atoms with Crippen molar-refractivity contribution in [1.29, 1.82) is 0 Å². The maximum atomic E-state index is 13.1. The van der Waals surface area contributed by atoms with Crippen LogP contribution in [0.1, 0.15) is 42.5 Å². The fraction of sp³-hybridized carbons (Fsp3) is 0.429. The predicted molar refractivity (Wildman–Crippen MR) is 103 cm³/mol. The van der Waals surface area contributed by atoms with Crippen molar-refractivity contribution in [2.75, 3.05) is 6.54 Å². The molecule has 0 bridgehead atoms. The number of nitrogens with one attached hydrogen (secondary N) is 1. The minimum absolute atomic E-state index is 0.0866. The second-order valence-corrected chi connectivity index (χ2v) is 7.63. The van der Waals surface area contributed by atoms with Gasteiger partial charge < -0.3 is 14.5 Å². The SMILES string of the molecule is Cc1ncn(CC(=O)N2CCc3c([nH]c4ccccc34)[C@@H]2C(C)C)c1C. The Kier molecular flexibility index (Phi) is 4.10. The van der Waals surface area contributed by atoms with Gasteiger partial charge in [0.15, 0.2) is 0 Å². The summed E-state index contributed by atoms with van der Waals surface area (Å²) in [5.41, 5.74) is 5.79. The number of benzene rings is 1. The molecule has 1 aliphatic heterocycles. The highest BCUT2D eigenvalue weighted by Crippen LogP contribution is 2.38. The van der Waals surface area contributed by atoms with Gasteiger partial charge in [0.25, 0.3) is 0 Å². The molecule has 0 saturated carbocycles. The van der Waals surface area contributed by atoms with Crippen LogP contribution in [0.5, 0.6) is 0 Å². The number of hydrogen-bond donors (Lipinski definition) is 1.